The van der Waals surface area contributed by atoms with Crippen LogP contribution < -0.4 is 5.32 Å². The van der Waals surface area contributed by atoms with Gasteiger partial charge in [-0.1, -0.05) is 0 Å². The van der Waals surface area contributed by atoms with Crippen LogP contribution in [0.25, 0.3) is 0 Å². The third kappa shape index (κ3) is 7.86. The summed E-state index contributed by atoms with van der Waals surface area (Å²) in [6, 6.07) is 8.28. The van der Waals surface area contributed by atoms with E-state index in [1.807, 2.05) is 0 Å². The van der Waals surface area contributed by atoms with Crippen molar-refractivity contribution in [2.24, 2.45) is 0 Å². The number of nitrogens with one attached hydrogen (secondary N) is 1. The Morgan fingerprint density at radius 1 is 0.944 bits per heavy atom. The monoisotopic (exact) mass is 365 g/mol. The molecule has 0 fully saturated rings. The minimum atomic E-state index is 0.618. The van der Waals surface area contributed by atoms with Gasteiger partial charge in [-0.2, -0.15) is 0 Å². The summed E-state index contributed by atoms with van der Waals surface area (Å²) in [5, 5.41) is 3.29. The van der Waals surface area contributed by atoms with Crippen LogP contribution in [-0.2, 0) is 14.2 Å². The molecule has 0 amide bonds. The number of halogens is 1. The van der Waals surface area contributed by atoms with E-state index in [2.05, 4.69) is 52.2 Å². The third-order valence-corrected chi connectivity index (χ3v) is 2.94. The third-order valence-electron chi connectivity index (χ3n) is 2.22. The molecule has 5 heteroatoms. The highest BCUT2D eigenvalue weighted by Crippen LogP contribution is 2.10. The number of anilines is 1. The second-order valence-corrected chi connectivity index (χ2v) is 4.90. The topological polar surface area (TPSA) is 39.7 Å². The standard InChI is InChI=1S/C13H20INO3/c1-16-8-9-18-11-10-17-7-6-15-13-4-2-12(14)3-5-13/h2-5,15H,6-11H2,1H3. The number of rotatable bonds is 10. The van der Waals surface area contributed by atoms with Crippen LogP contribution in [0.2, 0.25) is 0 Å². The summed E-state index contributed by atoms with van der Waals surface area (Å²) >= 11 is 2.29. The largest absolute Gasteiger partial charge is 0.383 e. The van der Waals surface area contributed by atoms with Crippen LogP contribution in [0.15, 0.2) is 24.3 Å². The summed E-state index contributed by atoms with van der Waals surface area (Å²) in [6.45, 7) is 3.98. The molecule has 1 rings (SSSR count). The molecule has 0 aliphatic carbocycles. The van der Waals surface area contributed by atoms with Crippen molar-refractivity contribution in [3.05, 3.63) is 27.8 Å². The molecule has 0 saturated heterocycles. The average molecular weight is 365 g/mol. The molecule has 0 radical (unpaired) electrons. The summed E-state index contributed by atoms with van der Waals surface area (Å²) in [7, 11) is 1.66. The van der Waals surface area contributed by atoms with E-state index in [1.54, 1.807) is 7.11 Å². The first-order valence-corrected chi connectivity index (χ1v) is 7.04. The molecule has 0 heterocycles. The van der Waals surface area contributed by atoms with Crippen LogP contribution in [0.3, 0.4) is 0 Å². The predicted octanol–water partition coefficient (Wildman–Crippen LogP) is 2.38. The lowest BCUT2D eigenvalue weighted by atomic mass is 10.3. The van der Waals surface area contributed by atoms with Crippen molar-refractivity contribution in [2.75, 3.05) is 52.0 Å². The van der Waals surface area contributed by atoms with Gasteiger partial charge >= 0.3 is 0 Å². The summed E-state index contributed by atoms with van der Waals surface area (Å²) in [4.78, 5) is 0. The molecule has 1 aromatic carbocycles. The van der Waals surface area contributed by atoms with Gasteiger partial charge in [-0.15, -0.1) is 0 Å². The van der Waals surface area contributed by atoms with E-state index in [0.29, 0.717) is 33.0 Å². The highest BCUT2D eigenvalue weighted by molar-refractivity contribution is 14.1. The molecule has 18 heavy (non-hydrogen) atoms. The lowest BCUT2D eigenvalue weighted by molar-refractivity contribution is 0.0272. The Balaban J connectivity index is 1.91. The maximum Gasteiger partial charge on any atom is 0.0701 e. The average Bonchev–Trinajstić information content (AvgIpc) is 2.39. The SMILES string of the molecule is COCCOCCOCCNc1ccc(I)cc1. The van der Waals surface area contributed by atoms with Crippen LogP contribution in [0.4, 0.5) is 5.69 Å². The van der Waals surface area contributed by atoms with E-state index in [-0.39, 0.29) is 0 Å². The van der Waals surface area contributed by atoms with E-state index in [9.17, 15) is 0 Å². The van der Waals surface area contributed by atoms with Gasteiger partial charge < -0.3 is 19.5 Å². The molecule has 0 aromatic heterocycles. The molecular weight excluding hydrogens is 345 g/mol. The number of methoxy groups -OCH3 is 1. The Hall–Kier alpha value is -0.370. The quantitative estimate of drug-likeness (QED) is 0.511. The van der Waals surface area contributed by atoms with Crippen LogP contribution in [0.5, 0.6) is 0 Å². The Labute approximate surface area is 122 Å². The van der Waals surface area contributed by atoms with Gasteiger partial charge in [0, 0.05) is 22.9 Å². The van der Waals surface area contributed by atoms with Crippen molar-refractivity contribution in [1.29, 1.82) is 0 Å². The van der Waals surface area contributed by atoms with Gasteiger partial charge in [0.25, 0.3) is 0 Å². The summed E-state index contributed by atoms with van der Waals surface area (Å²) in [6.07, 6.45) is 0. The van der Waals surface area contributed by atoms with Crippen molar-refractivity contribution < 1.29 is 14.2 Å². The summed E-state index contributed by atoms with van der Waals surface area (Å²) in [5.41, 5.74) is 1.12. The number of hydrogen-bond acceptors (Lipinski definition) is 4. The second kappa shape index (κ2) is 10.5. The van der Waals surface area contributed by atoms with E-state index in [1.165, 1.54) is 3.57 Å². The van der Waals surface area contributed by atoms with Crippen molar-refractivity contribution in [1.82, 2.24) is 0 Å². The molecule has 4 nitrogen and oxygen atoms in total. The molecular formula is C13H20INO3. The Morgan fingerprint density at radius 3 is 2.22 bits per heavy atom. The van der Waals surface area contributed by atoms with Gasteiger partial charge in [-0.3, -0.25) is 0 Å². The fourth-order valence-electron chi connectivity index (χ4n) is 1.30. The Kier molecular flexibility index (Phi) is 9.19. The van der Waals surface area contributed by atoms with Gasteiger partial charge in [0.1, 0.15) is 0 Å². The van der Waals surface area contributed by atoms with E-state index < -0.39 is 0 Å². The molecule has 0 spiro atoms. The maximum atomic E-state index is 5.43. The zero-order chi connectivity index (χ0) is 13.1. The fourth-order valence-corrected chi connectivity index (χ4v) is 1.66. The normalized spacial score (nSPS) is 10.6. The Bertz CT molecular complexity index is 306. The van der Waals surface area contributed by atoms with Crippen molar-refractivity contribution in [2.45, 2.75) is 0 Å². The second-order valence-electron chi connectivity index (χ2n) is 3.65. The lowest BCUT2D eigenvalue weighted by Gasteiger charge is -2.08. The molecule has 102 valence electrons. The summed E-state index contributed by atoms with van der Waals surface area (Å²) < 4.78 is 16.8. The first-order chi connectivity index (χ1) is 8.83. The van der Waals surface area contributed by atoms with Crippen LogP contribution in [0.1, 0.15) is 0 Å². The first-order valence-electron chi connectivity index (χ1n) is 5.97. The van der Waals surface area contributed by atoms with Crippen LogP contribution in [0, 0.1) is 3.57 Å². The van der Waals surface area contributed by atoms with Crippen LogP contribution >= 0.6 is 22.6 Å². The van der Waals surface area contributed by atoms with E-state index >= 15 is 0 Å². The summed E-state index contributed by atoms with van der Waals surface area (Å²) in [5.74, 6) is 0. The number of ether oxygens (including phenoxy) is 3. The minimum absolute atomic E-state index is 0.618. The van der Waals surface area contributed by atoms with Gasteiger partial charge in [0.15, 0.2) is 0 Å². The molecule has 0 aliphatic rings. The van der Waals surface area contributed by atoms with Crippen LogP contribution in [-0.4, -0.2) is 46.7 Å². The van der Waals surface area contributed by atoms with Crippen molar-refractivity contribution in [3.63, 3.8) is 0 Å². The van der Waals surface area contributed by atoms with Gasteiger partial charge in [0.2, 0.25) is 0 Å². The molecule has 0 bridgehead atoms. The van der Waals surface area contributed by atoms with Crippen molar-refractivity contribution in [3.8, 4) is 0 Å². The molecule has 1 aromatic rings. The molecule has 0 atom stereocenters. The number of benzene rings is 1. The number of hydrogen-bond donors (Lipinski definition) is 1. The predicted molar refractivity (Wildman–Crippen MR) is 81.2 cm³/mol. The fraction of sp³-hybridized carbons (Fsp3) is 0.538. The zero-order valence-electron chi connectivity index (χ0n) is 10.7. The first kappa shape index (κ1) is 15.7. The molecule has 0 aliphatic heterocycles. The molecule has 0 unspecified atom stereocenters. The van der Waals surface area contributed by atoms with E-state index in [4.69, 9.17) is 14.2 Å². The van der Waals surface area contributed by atoms with Gasteiger partial charge in [0.05, 0.1) is 33.0 Å². The Morgan fingerprint density at radius 2 is 1.56 bits per heavy atom. The molecule has 0 saturated carbocycles. The van der Waals surface area contributed by atoms with Crippen molar-refractivity contribution >= 4 is 28.3 Å². The minimum Gasteiger partial charge on any atom is -0.383 e. The van der Waals surface area contributed by atoms with Gasteiger partial charge in [-0.05, 0) is 46.9 Å². The maximum absolute atomic E-state index is 5.43. The zero-order valence-corrected chi connectivity index (χ0v) is 12.8. The smallest absolute Gasteiger partial charge is 0.0701 e. The lowest BCUT2D eigenvalue weighted by Crippen LogP contribution is -2.13. The highest BCUT2D eigenvalue weighted by Gasteiger charge is 1.93. The highest BCUT2D eigenvalue weighted by atomic mass is 127. The van der Waals surface area contributed by atoms with Gasteiger partial charge in [-0.25, -0.2) is 0 Å². The molecule has 1 N–H and O–H groups in total. The van der Waals surface area contributed by atoms with E-state index in [0.717, 1.165) is 12.2 Å².